The number of nitrogens with zero attached hydrogens (tertiary/aromatic N) is 2. The molecular weight excluding hydrogens is 714 g/mol. The van der Waals surface area contributed by atoms with Gasteiger partial charge in [0.05, 0.1) is 36.4 Å². The maximum absolute atomic E-state index is 13.6. The maximum atomic E-state index is 13.6. The van der Waals surface area contributed by atoms with E-state index in [2.05, 4.69) is 26.7 Å². The highest BCUT2D eigenvalue weighted by molar-refractivity contribution is 7.90. The number of rotatable bonds is 12. The molecule has 5 aliphatic rings. The number of amides is 1. The monoisotopic (exact) mass is 771 g/mol. The number of carbonyl (C=O) groups excluding carboxylic acids is 1. The van der Waals surface area contributed by atoms with Gasteiger partial charge in [-0.05, 0) is 112 Å². The van der Waals surface area contributed by atoms with Crippen LogP contribution in [-0.2, 0) is 31.3 Å². The van der Waals surface area contributed by atoms with Gasteiger partial charge in [0.15, 0.2) is 5.79 Å². The molecule has 292 valence electrons. The average molecular weight is 772 g/mol. The van der Waals surface area contributed by atoms with Gasteiger partial charge in [0.2, 0.25) is 10.0 Å². The highest BCUT2D eigenvalue weighted by atomic mass is 35.5. The molecule has 2 aromatic carbocycles. The molecule has 1 amide bonds. The molecule has 53 heavy (non-hydrogen) atoms. The molecule has 0 unspecified atom stereocenters. The fraction of sp³-hybridized carbons (Fsp3) is 0.683. The second-order valence-electron chi connectivity index (χ2n) is 17.0. The SMILES string of the molecule is C[C@H]([C@@H](C)CCC[C@@](C)(O)CN1CCC2(CC1)OCCO2)S(=O)(=O)NC(=O)c1ccc2c(c1)N(CC1CCC1)C[C@@]1(CCCc3cc(Cl)ccc31)CO2. The summed E-state index contributed by atoms with van der Waals surface area (Å²) in [5, 5.41) is 11.2. The molecule has 10 nitrogen and oxygen atoms in total. The molecule has 3 heterocycles. The minimum atomic E-state index is -3.97. The lowest BCUT2D eigenvalue weighted by Gasteiger charge is -2.42. The van der Waals surface area contributed by atoms with Gasteiger partial charge in [-0.3, -0.25) is 4.79 Å². The van der Waals surface area contributed by atoms with Gasteiger partial charge in [-0.2, -0.15) is 0 Å². The Balaban J connectivity index is 0.970. The highest BCUT2D eigenvalue weighted by Gasteiger charge is 2.43. The van der Waals surface area contributed by atoms with Crippen LogP contribution >= 0.6 is 11.6 Å². The molecule has 12 heteroatoms. The number of ether oxygens (including phenoxy) is 3. The molecule has 0 bridgehead atoms. The average Bonchev–Trinajstić information content (AvgIpc) is 3.50. The molecule has 2 spiro atoms. The van der Waals surface area contributed by atoms with Crippen molar-refractivity contribution in [3.8, 4) is 5.75 Å². The topological polar surface area (TPSA) is 118 Å². The smallest absolute Gasteiger partial charge is 0.264 e. The molecule has 4 atom stereocenters. The van der Waals surface area contributed by atoms with Gasteiger partial charge in [0, 0.05) is 61.6 Å². The summed E-state index contributed by atoms with van der Waals surface area (Å²) in [7, 11) is -3.97. The van der Waals surface area contributed by atoms with Crippen LogP contribution in [0.25, 0.3) is 0 Å². The first-order chi connectivity index (χ1) is 25.3. The summed E-state index contributed by atoms with van der Waals surface area (Å²) in [6.45, 7) is 11.0. The van der Waals surface area contributed by atoms with Crippen LogP contribution in [0.2, 0.25) is 5.02 Å². The molecule has 2 aromatic rings. The number of piperidine rings is 1. The lowest BCUT2D eigenvalue weighted by Crippen LogP contribution is -2.49. The Morgan fingerprint density at radius 1 is 1.08 bits per heavy atom. The van der Waals surface area contributed by atoms with Crippen molar-refractivity contribution < 1.29 is 32.5 Å². The van der Waals surface area contributed by atoms with Crippen molar-refractivity contribution in [1.29, 1.82) is 0 Å². The van der Waals surface area contributed by atoms with E-state index in [0.717, 1.165) is 74.7 Å². The van der Waals surface area contributed by atoms with Gasteiger partial charge in [-0.15, -0.1) is 0 Å². The first kappa shape index (κ1) is 38.8. The molecule has 3 aliphatic heterocycles. The van der Waals surface area contributed by atoms with Crippen LogP contribution < -0.4 is 14.4 Å². The van der Waals surface area contributed by atoms with Crippen molar-refractivity contribution in [3.63, 3.8) is 0 Å². The van der Waals surface area contributed by atoms with Gasteiger partial charge < -0.3 is 29.1 Å². The number of hydrogen-bond acceptors (Lipinski definition) is 9. The van der Waals surface area contributed by atoms with Crippen LogP contribution in [0.1, 0.15) is 106 Å². The first-order valence-electron chi connectivity index (χ1n) is 19.8. The van der Waals surface area contributed by atoms with Crippen molar-refractivity contribution in [2.45, 2.75) is 113 Å². The third-order valence-corrected chi connectivity index (χ3v) is 15.0. The van der Waals surface area contributed by atoms with Crippen molar-refractivity contribution >= 4 is 33.2 Å². The van der Waals surface area contributed by atoms with Crippen LogP contribution in [0.3, 0.4) is 0 Å². The van der Waals surface area contributed by atoms with Gasteiger partial charge >= 0.3 is 0 Å². The maximum Gasteiger partial charge on any atom is 0.264 e. The van der Waals surface area contributed by atoms with E-state index in [1.807, 2.05) is 32.0 Å². The number of aryl methyl sites for hydroxylation is 1. The third kappa shape index (κ3) is 8.70. The summed E-state index contributed by atoms with van der Waals surface area (Å²) in [6, 6.07) is 11.5. The quantitative estimate of drug-likeness (QED) is 0.251. The fourth-order valence-electron chi connectivity index (χ4n) is 9.27. The molecule has 0 radical (unpaired) electrons. The zero-order chi connectivity index (χ0) is 37.4. The standard InChI is InChI=1S/C41H58ClN3O7S/c1-29(7-5-15-39(3,47)26-44-19-17-41(18-20-44)51-21-22-52-41)30(2)53(48,49)43-38(46)33-11-14-37-36(24-33)45(25-31-8-4-9-31)27-40(28-50-37)16-6-10-32-23-34(42)12-13-35(32)40/h11-14,23-24,29-31,47H,4-10,15-22,25-28H2,1-3H3,(H,43,46)/t29-,30+,39+,40-/m0/s1. The van der Waals surface area contributed by atoms with Crippen LogP contribution in [0, 0.1) is 11.8 Å². The zero-order valence-corrected chi connectivity index (χ0v) is 33.3. The summed E-state index contributed by atoms with van der Waals surface area (Å²) < 4.78 is 47.8. The number of halogens is 1. The molecule has 2 saturated heterocycles. The Bertz CT molecular complexity index is 1730. The van der Waals surface area contributed by atoms with Gasteiger partial charge in [0.25, 0.3) is 5.91 Å². The minimum Gasteiger partial charge on any atom is -0.490 e. The molecule has 1 saturated carbocycles. The number of β-amino-alcohol motifs (C(OH)–C–C–N with tert-alkyl or cyclic N) is 1. The third-order valence-electron chi connectivity index (χ3n) is 12.9. The van der Waals surface area contributed by atoms with Gasteiger partial charge in [0.1, 0.15) is 5.75 Å². The van der Waals surface area contributed by atoms with Gasteiger partial charge in [-0.25, -0.2) is 13.1 Å². The summed E-state index contributed by atoms with van der Waals surface area (Å²) in [5.41, 5.74) is 2.61. The number of anilines is 1. The summed E-state index contributed by atoms with van der Waals surface area (Å²) in [6.07, 6.45) is 10.1. The van der Waals surface area contributed by atoms with E-state index in [1.165, 1.54) is 30.4 Å². The number of benzene rings is 2. The summed E-state index contributed by atoms with van der Waals surface area (Å²) in [5.74, 6) is 0.00641. The number of hydrogen-bond donors (Lipinski definition) is 2. The van der Waals surface area contributed by atoms with Crippen LogP contribution in [-0.4, -0.2) is 93.5 Å². The van der Waals surface area contributed by atoms with E-state index in [-0.39, 0.29) is 11.3 Å². The molecule has 2 N–H and O–H groups in total. The number of likely N-dealkylation sites (tertiary alicyclic amines) is 1. The van der Waals surface area contributed by atoms with E-state index >= 15 is 0 Å². The number of sulfonamides is 1. The Morgan fingerprint density at radius 2 is 1.83 bits per heavy atom. The van der Waals surface area contributed by atoms with Crippen LogP contribution in [0.5, 0.6) is 5.75 Å². The summed E-state index contributed by atoms with van der Waals surface area (Å²) >= 11 is 6.41. The Labute approximate surface area is 320 Å². The molecule has 0 aromatic heterocycles. The minimum absolute atomic E-state index is 0.206. The van der Waals surface area contributed by atoms with Crippen molar-refractivity contribution in [3.05, 3.63) is 58.1 Å². The number of aliphatic hydroxyl groups is 1. The highest BCUT2D eigenvalue weighted by Crippen LogP contribution is 2.45. The lowest BCUT2D eigenvalue weighted by molar-refractivity contribution is -0.188. The zero-order valence-electron chi connectivity index (χ0n) is 31.7. The fourth-order valence-corrected chi connectivity index (χ4v) is 10.8. The van der Waals surface area contributed by atoms with Crippen LogP contribution in [0.4, 0.5) is 5.69 Å². The molecule has 2 aliphatic carbocycles. The Hall–Kier alpha value is -2.41. The predicted molar refractivity (Wildman–Crippen MR) is 207 cm³/mol. The van der Waals surface area contributed by atoms with E-state index in [1.54, 1.807) is 13.0 Å². The van der Waals surface area contributed by atoms with E-state index < -0.39 is 32.6 Å². The van der Waals surface area contributed by atoms with Crippen molar-refractivity contribution in [2.75, 3.05) is 57.4 Å². The normalized spacial score (nSPS) is 25.4. The van der Waals surface area contributed by atoms with Crippen molar-refractivity contribution in [1.82, 2.24) is 9.62 Å². The summed E-state index contributed by atoms with van der Waals surface area (Å²) in [4.78, 5) is 18.3. The van der Waals surface area contributed by atoms with Crippen LogP contribution in [0.15, 0.2) is 36.4 Å². The first-order valence-corrected chi connectivity index (χ1v) is 21.8. The van der Waals surface area contributed by atoms with Gasteiger partial charge in [-0.1, -0.05) is 37.4 Å². The predicted octanol–water partition coefficient (Wildman–Crippen LogP) is 6.46. The van der Waals surface area contributed by atoms with E-state index in [9.17, 15) is 18.3 Å². The second-order valence-corrected chi connectivity index (χ2v) is 19.5. The van der Waals surface area contributed by atoms with E-state index in [0.29, 0.717) is 57.1 Å². The van der Waals surface area contributed by atoms with Crippen molar-refractivity contribution in [2.24, 2.45) is 11.8 Å². The second kappa shape index (κ2) is 15.6. The molecule has 7 rings (SSSR count). The number of fused-ring (bicyclic) bond motifs is 3. The Kier molecular flexibility index (Phi) is 11.4. The number of nitrogens with one attached hydrogen (secondary N) is 1. The lowest BCUT2D eigenvalue weighted by atomic mass is 9.70. The van der Waals surface area contributed by atoms with E-state index in [4.69, 9.17) is 25.8 Å². The molecule has 3 fully saturated rings. The Morgan fingerprint density at radius 3 is 2.55 bits per heavy atom. The largest absolute Gasteiger partial charge is 0.490 e. The molecular formula is C41H58ClN3O7S. The number of carbonyl (C=O) groups is 1.